The van der Waals surface area contributed by atoms with Crippen LogP contribution in [0.5, 0.6) is 0 Å². The number of carbonyl (C=O) groups excluding carboxylic acids is 7. The van der Waals surface area contributed by atoms with Crippen LogP contribution in [0.15, 0.2) is 0 Å². The Kier molecular flexibility index (Phi) is 13.9. The number of nitrogens with one attached hydrogen (secondary N) is 4. The number of piperidine rings is 1. The summed E-state index contributed by atoms with van der Waals surface area (Å²) in [7, 11) is 0. The Bertz CT molecular complexity index is 1420. The summed E-state index contributed by atoms with van der Waals surface area (Å²) in [5.74, 6) is -6.51. The van der Waals surface area contributed by atoms with Crippen LogP contribution in [0.2, 0.25) is 0 Å². The van der Waals surface area contributed by atoms with Crippen LogP contribution in [0.4, 0.5) is 13.6 Å². The Morgan fingerprint density at radius 1 is 0.889 bits per heavy atom. The summed E-state index contributed by atoms with van der Waals surface area (Å²) in [4.78, 5) is 96.7. The molecule has 3 saturated heterocycles. The lowest BCUT2D eigenvalue weighted by Gasteiger charge is -2.40. The Balaban J connectivity index is 1.57. The Hall–Kier alpha value is -3.65. The van der Waals surface area contributed by atoms with E-state index in [9.17, 15) is 42.3 Å². The van der Waals surface area contributed by atoms with Crippen LogP contribution in [0, 0.1) is 22.7 Å². The second kappa shape index (κ2) is 17.4. The van der Waals surface area contributed by atoms with Gasteiger partial charge in [-0.15, -0.1) is 0 Å². The first-order chi connectivity index (χ1) is 25.1. The second-order valence-corrected chi connectivity index (χ2v) is 18.3. The Morgan fingerprint density at radius 3 is 2.04 bits per heavy atom. The number of ketones is 1. The zero-order valence-electron chi connectivity index (χ0n) is 33.2. The van der Waals surface area contributed by atoms with Crippen LogP contribution < -0.4 is 21.3 Å². The van der Waals surface area contributed by atoms with Crippen LogP contribution in [0.3, 0.4) is 0 Å². The first-order valence-electron chi connectivity index (χ1n) is 19.8. The minimum absolute atomic E-state index is 0.00130. The molecule has 4 fully saturated rings. The number of amides is 7. The molecule has 304 valence electrons. The summed E-state index contributed by atoms with van der Waals surface area (Å²) in [6, 6.07) is -4.95. The van der Waals surface area contributed by atoms with E-state index in [1.54, 1.807) is 0 Å². The number of Topliss-reactive ketones (excluding diaryl/α,β-unsaturated/α-hetero) is 1. The quantitative estimate of drug-likeness (QED) is 0.212. The van der Waals surface area contributed by atoms with E-state index in [0.717, 1.165) is 12.8 Å². The smallest absolute Gasteiger partial charge is 0.315 e. The minimum atomic E-state index is -3.00. The number of rotatable bonds is 8. The number of imide groups is 1. The van der Waals surface area contributed by atoms with Gasteiger partial charge in [-0.1, -0.05) is 61.3 Å². The van der Waals surface area contributed by atoms with Gasteiger partial charge in [0.15, 0.2) is 0 Å². The first kappa shape index (κ1) is 43.1. The summed E-state index contributed by atoms with van der Waals surface area (Å²) in [5.41, 5.74) is -1.09. The molecule has 0 aromatic heterocycles. The van der Waals surface area contributed by atoms with Crippen molar-refractivity contribution in [2.75, 3.05) is 13.1 Å². The number of carbonyl (C=O) groups is 7. The van der Waals surface area contributed by atoms with Crippen LogP contribution in [-0.4, -0.2) is 100 Å². The number of hydrogen-bond acceptors (Lipinski definition) is 7. The van der Waals surface area contributed by atoms with Gasteiger partial charge in [0.1, 0.15) is 12.1 Å². The van der Waals surface area contributed by atoms with Gasteiger partial charge >= 0.3 is 6.03 Å². The molecular formula is C39H62F2N6O7. The zero-order chi connectivity index (χ0) is 40.2. The van der Waals surface area contributed by atoms with E-state index >= 15 is 0 Å². The molecule has 1 saturated carbocycles. The number of nitrogens with zero attached hydrogens (tertiary/aromatic N) is 2. The molecule has 1 unspecified atom stereocenters. The molecule has 7 amide bonds. The maximum absolute atomic E-state index is 14.9. The van der Waals surface area contributed by atoms with Crippen LogP contribution in [-0.2, 0) is 28.8 Å². The second-order valence-electron chi connectivity index (χ2n) is 18.3. The fraction of sp³-hybridized carbons (Fsp3) is 0.821. The highest BCUT2D eigenvalue weighted by atomic mass is 19.3. The molecular weight excluding hydrogens is 702 g/mol. The van der Waals surface area contributed by atoms with Crippen molar-refractivity contribution in [3.8, 4) is 0 Å². The monoisotopic (exact) mass is 764 g/mol. The molecule has 0 bridgehead atoms. The zero-order valence-corrected chi connectivity index (χ0v) is 33.2. The molecule has 0 radical (unpaired) electrons. The molecule has 0 aromatic carbocycles. The Labute approximate surface area is 318 Å². The molecule has 4 aliphatic rings. The summed E-state index contributed by atoms with van der Waals surface area (Å²) in [6.45, 7) is 13.4. The highest BCUT2D eigenvalue weighted by Crippen LogP contribution is 2.34. The van der Waals surface area contributed by atoms with Crippen LogP contribution in [0.1, 0.15) is 132 Å². The predicted octanol–water partition coefficient (Wildman–Crippen LogP) is 4.22. The topological polar surface area (TPSA) is 174 Å². The number of halogens is 2. The molecule has 5 atom stereocenters. The molecule has 3 heterocycles. The van der Waals surface area contributed by atoms with Gasteiger partial charge in [0.25, 0.3) is 5.91 Å². The largest absolute Gasteiger partial charge is 0.347 e. The Morgan fingerprint density at radius 2 is 1.48 bits per heavy atom. The van der Waals surface area contributed by atoms with Gasteiger partial charge in [0, 0.05) is 44.8 Å². The van der Waals surface area contributed by atoms with Gasteiger partial charge < -0.3 is 26.2 Å². The minimum Gasteiger partial charge on any atom is -0.347 e. The lowest BCUT2D eigenvalue weighted by molar-refractivity contribution is -0.153. The van der Waals surface area contributed by atoms with Gasteiger partial charge in [-0.25, -0.2) is 13.6 Å². The molecule has 0 aromatic rings. The number of urea groups is 1. The maximum atomic E-state index is 14.9. The molecule has 54 heavy (non-hydrogen) atoms. The van der Waals surface area contributed by atoms with Crippen molar-refractivity contribution in [3.63, 3.8) is 0 Å². The van der Waals surface area contributed by atoms with Gasteiger partial charge in [0.05, 0.1) is 12.1 Å². The average molecular weight is 765 g/mol. The summed E-state index contributed by atoms with van der Waals surface area (Å²) < 4.78 is 29.9. The molecule has 3 aliphatic heterocycles. The highest BCUT2D eigenvalue weighted by Gasteiger charge is 2.45. The third-order valence-corrected chi connectivity index (χ3v) is 11.4. The van der Waals surface area contributed by atoms with E-state index < -0.39 is 83.3 Å². The number of alkyl halides is 2. The van der Waals surface area contributed by atoms with E-state index in [1.165, 1.54) is 9.80 Å². The van der Waals surface area contributed by atoms with E-state index in [4.69, 9.17) is 0 Å². The number of likely N-dealkylation sites (tertiary alicyclic amines) is 1. The van der Waals surface area contributed by atoms with E-state index in [2.05, 4.69) is 21.3 Å². The van der Waals surface area contributed by atoms with E-state index in [0.29, 0.717) is 6.42 Å². The van der Waals surface area contributed by atoms with Gasteiger partial charge in [-0.05, 0) is 67.6 Å². The van der Waals surface area contributed by atoms with Crippen LogP contribution in [0.25, 0.3) is 0 Å². The standard InChI is InChI=1S/C39H62F2N6O7/c1-23(2)24-18-28-33(51)43-26(32(50)34(52)42-25-14-15-25)12-8-10-16-39(40,41)17-11-9-13-27(35(53)46(28)21-24)44-36(54)45-29(37(3,4)5)22-47-30(48)19-38(6,7)20-31(47)49/h23-29H,8-22H2,1-7H3,(H,42,52)(H,43,51)(H2,44,45,54)/t24?,26-,27-,28-,29+/m0/s1. The molecule has 1 aliphatic carbocycles. The molecule has 15 heteroatoms. The van der Waals surface area contributed by atoms with E-state index in [-0.39, 0.29) is 94.1 Å². The van der Waals surface area contributed by atoms with Crippen molar-refractivity contribution in [2.24, 2.45) is 22.7 Å². The summed E-state index contributed by atoms with van der Waals surface area (Å²) in [6.07, 6.45) is 1.91. The van der Waals surface area contributed by atoms with E-state index in [1.807, 2.05) is 48.5 Å². The highest BCUT2D eigenvalue weighted by molar-refractivity contribution is 6.38. The van der Waals surface area contributed by atoms with Crippen molar-refractivity contribution in [1.29, 1.82) is 0 Å². The van der Waals surface area contributed by atoms with Crippen molar-refractivity contribution < 1.29 is 42.3 Å². The van der Waals surface area contributed by atoms with Crippen LogP contribution >= 0.6 is 0 Å². The maximum Gasteiger partial charge on any atom is 0.315 e. The van der Waals surface area contributed by atoms with Gasteiger partial charge in [-0.2, -0.15) is 0 Å². The molecule has 4 N–H and O–H groups in total. The lowest BCUT2D eigenvalue weighted by Crippen LogP contribution is -2.60. The number of hydrogen-bond donors (Lipinski definition) is 4. The summed E-state index contributed by atoms with van der Waals surface area (Å²) >= 11 is 0. The lowest BCUT2D eigenvalue weighted by atomic mass is 9.80. The van der Waals surface area contributed by atoms with Gasteiger partial charge in [0.2, 0.25) is 35.3 Å². The molecule has 13 nitrogen and oxygen atoms in total. The first-order valence-corrected chi connectivity index (χ1v) is 19.8. The number of fused-ring (bicyclic) bond motifs is 1. The molecule has 0 spiro atoms. The fourth-order valence-electron chi connectivity index (χ4n) is 7.56. The normalized spacial score (nSPS) is 27.9. The third-order valence-electron chi connectivity index (χ3n) is 11.4. The third kappa shape index (κ3) is 11.9. The SMILES string of the molecule is CC(C)C1C[C@H]2C(=O)N[C@H](C(=O)C(=O)NC3CC3)CCCCC(F)(F)CCCC[C@H](NC(=O)N[C@H](CN3C(=O)CC(C)(C)CC3=O)C(C)(C)C)C(=O)N2C1. The van der Waals surface area contributed by atoms with Crippen molar-refractivity contribution in [2.45, 2.75) is 168 Å². The van der Waals surface area contributed by atoms with Gasteiger partial charge in [-0.3, -0.25) is 33.7 Å². The van der Waals surface area contributed by atoms with Crippen molar-refractivity contribution in [3.05, 3.63) is 0 Å². The average Bonchev–Trinajstić information content (AvgIpc) is 3.75. The molecule has 4 rings (SSSR count). The van der Waals surface area contributed by atoms with Crippen molar-refractivity contribution in [1.82, 2.24) is 31.1 Å². The fourth-order valence-corrected chi connectivity index (χ4v) is 7.56. The van der Waals surface area contributed by atoms with Crippen molar-refractivity contribution >= 4 is 41.4 Å². The predicted molar refractivity (Wildman–Crippen MR) is 197 cm³/mol. The summed E-state index contributed by atoms with van der Waals surface area (Å²) in [5, 5.41) is 11.0.